The number of aromatic nitrogens is 4. The number of hydrogen-bond acceptors (Lipinski definition) is 6. The minimum atomic E-state index is -0.718. The van der Waals surface area contributed by atoms with E-state index in [4.69, 9.17) is 19.4 Å². The molecule has 0 radical (unpaired) electrons. The zero-order valence-corrected chi connectivity index (χ0v) is 30.1. The topological polar surface area (TPSA) is 116 Å². The van der Waals surface area contributed by atoms with Crippen molar-refractivity contribution in [2.75, 3.05) is 0 Å². The summed E-state index contributed by atoms with van der Waals surface area (Å²) in [5.41, 5.74) is 1.13. The third kappa shape index (κ3) is 5.74. The summed E-state index contributed by atoms with van der Waals surface area (Å²) < 4.78 is 11.8. The molecule has 2 saturated carbocycles. The molecule has 4 bridgehead atoms. The van der Waals surface area contributed by atoms with Crippen LogP contribution in [0.15, 0.2) is 67.0 Å². The van der Waals surface area contributed by atoms with Gasteiger partial charge < -0.3 is 19.4 Å². The number of piperidine rings is 2. The number of carbonyl (C=O) groups is 2. The molecule has 50 heavy (non-hydrogen) atoms. The van der Waals surface area contributed by atoms with E-state index < -0.39 is 16.6 Å². The Morgan fingerprint density at radius 3 is 1.62 bits per heavy atom. The van der Waals surface area contributed by atoms with E-state index in [2.05, 4.69) is 58.5 Å². The maximum Gasteiger partial charge on any atom is 0.411 e. The van der Waals surface area contributed by atoms with Crippen LogP contribution in [0.3, 0.4) is 0 Å². The number of aromatic amines is 2. The van der Waals surface area contributed by atoms with Gasteiger partial charge in [0.05, 0.1) is 28.9 Å². The maximum absolute atomic E-state index is 13.5. The van der Waals surface area contributed by atoms with Crippen LogP contribution in [0, 0.1) is 11.8 Å². The predicted molar refractivity (Wildman–Crippen MR) is 189 cm³/mol. The van der Waals surface area contributed by atoms with Crippen LogP contribution in [-0.4, -0.2) is 65.2 Å². The van der Waals surface area contributed by atoms with Crippen molar-refractivity contribution in [1.82, 2.24) is 29.7 Å². The van der Waals surface area contributed by atoms with E-state index in [9.17, 15) is 9.59 Å². The van der Waals surface area contributed by atoms with Gasteiger partial charge >= 0.3 is 12.2 Å². The Kier molecular flexibility index (Phi) is 7.80. The summed E-state index contributed by atoms with van der Waals surface area (Å²) >= 11 is 0. The summed E-state index contributed by atoms with van der Waals surface area (Å²) in [6, 6.07) is 10.5. The van der Waals surface area contributed by atoms with Crippen molar-refractivity contribution in [3.8, 4) is 0 Å². The van der Waals surface area contributed by atoms with Crippen molar-refractivity contribution in [3.05, 3.63) is 95.6 Å². The minimum Gasteiger partial charge on any atom is -0.444 e. The van der Waals surface area contributed by atoms with Crippen molar-refractivity contribution in [2.45, 2.75) is 127 Å². The van der Waals surface area contributed by atoms with E-state index in [0.29, 0.717) is 11.8 Å². The molecule has 2 aromatic heterocycles. The number of amides is 2. The summed E-state index contributed by atoms with van der Waals surface area (Å²) in [6.45, 7) is 11.5. The van der Waals surface area contributed by atoms with Gasteiger partial charge in [0.1, 0.15) is 22.9 Å². The highest BCUT2D eigenvalue weighted by atomic mass is 16.6. The molecule has 0 spiro atoms. The first-order valence-corrected chi connectivity index (χ1v) is 18.4. The van der Waals surface area contributed by atoms with Gasteiger partial charge in [-0.25, -0.2) is 19.6 Å². The first-order valence-electron chi connectivity index (χ1n) is 18.4. The molecule has 1 aromatic carbocycles. The molecular weight excluding hydrogens is 628 g/mol. The normalized spacial score (nSPS) is 31.5. The highest BCUT2D eigenvalue weighted by Gasteiger charge is 2.53. The molecule has 6 unspecified atom stereocenters. The number of H-pyrrole nitrogens is 2. The SMILES string of the molecule is CC(C)(C)OC(=O)N1C2CCC(C2)C1c1ncc(C2(c3cnc(C4C5CCC(C5)N4C(=O)OC(C)(C)C)[nH]3)C=CC(c3ccccc3)C=C2)[nH]1. The Balaban J connectivity index is 1.15. The highest BCUT2D eigenvalue weighted by Crippen LogP contribution is 2.52. The fourth-order valence-corrected chi connectivity index (χ4v) is 9.26. The number of carbonyl (C=O) groups excluding carboxylic acids is 2. The lowest BCUT2D eigenvalue weighted by Gasteiger charge is -2.36. The van der Waals surface area contributed by atoms with Crippen LogP contribution in [0.1, 0.15) is 127 Å². The first-order chi connectivity index (χ1) is 23.8. The molecule has 3 aliphatic carbocycles. The summed E-state index contributed by atoms with van der Waals surface area (Å²) in [4.78, 5) is 48.3. The molecule has 2 aliphatic heterocycles. The van der Waals surface area contributed by atoms with Crippen LogP contribution in [0.2, 0.25) is 0 Å². The van der Waals surface area contributed by atoms with Gasteiger partial charge in [-0.1, -0.05) is 54.6 Å². The van der Waals surface area contributed by atoms with E-state index in [0.717, 1.165) is 61.6 Å². The number of benzene rings is 1. The second-order valence-corrected chi connectivity index (χ2v) is 17.0. The molecule has 4 heterocycles. The average Bonchev–Trinajstić information content (AvgIpc) is 3.92. The molecule has 3 aromatic rings. The molecule has 2 N–H and O–H groups in total. The molecule has 10 heteroatoms. The van der Waals surface area contributed by atoms with Gasteiger partial charge in [-0.05, 0) is 97.5 Å². The smallest absolute Gasteiger partial charge is 0.411 e. The molecule has 4 fully saturated rings. The van der Waals surface area contributed by atoms with Gasteiger partial charge in [0.2, 0.25) is 0 Å². The van der Waals surface area contributed by atoms with Crippen LogP contribution < -0.4 is 0 Å². The number of allylic oxidation sites excluding steroid dienone is 4. The fraction of sp³-hybridized carbons (Fsp3) is 0.550. The number of imidazole rings is 2. The van der Waals surface area contributed by atoms with Crippen molar-refractivity contribution >= 4 is 12.2 Å². The Morgan fingerprint density at radius 2 is 1.18 bits per heavy atom. The van der Waals surface area contributed by atoms with Gasteiger partial charge in [0.15, 0.2) is 0 Å². The van der Waals surface area contributed by atoms with Gasteiger partial charge in [-0.2, -0.15) is 0 Å². The number of likely N-dealkylation sites (tertiary alicyclic amines) is 2. The molecule has 8 rings (SSSR count). The standard InChI is InChI=1S/C40H50N6O4/c1-38(2,3)49-36(47)45-28-14-12-26(20-28)32(45)34-41-22-30(43-34)40(18-16-25(17-19-40)24-10-8-7-9-11-24)31-23-42-35(44-31)33-27-13-15-29(21-27)46(33)37(48)50-39(4,5)6/h7-11,16-19,22-23,25-29,32-33H,12-15,20-21H2,1-6H3,(H,41,43)(H,42,44). The quantitative estimate of drug-likeness (QED) is 0.263. The first kappa shape index (κ1) is 32.8. The lowest BCUT2D eigenvalue weighted by molar-refractivity contribution is 0.00523. The van der Waals surface area contributed by atoms with Crippen molar-refractivity contribution in [2.24, 2.45) is 11.8 Å². The predicted octanol–water partition coefficient (Wildman–Crippen LogP) is 8.25. The van der Waals surface area contributed by atoms with E-state index >= 15 is 0 Å². The summed E-state index contributed by atoms with van der Waals surface area (Å²) in [6.07, 6.45) is 18.3. The maximum atomic E-state index is 13.5. The van der Waals surface area contributed by atoms with E-state index in [1.54, 1.807) is 0 Å². The van der Waals surface area contributed by atoms with Crippen LogP contribution >= 0.6 is 0 Å². The van der Waals surface area contributed by atoms with Crippen molar-refractivity contribution < 1.29 is 19.1 Å². The summed E-state index contributed by atoms with van der Waals surface area (Å²) in [5, 5.41) is 0. The van der Waals surface area contributed by atoms with Gasteiger partial charge in [0.25, 0.3) is 0 Å². The third-order valence-electron chi connectivity index (χ3n) is 11.3. The van der Waals surface area contributed by atoms with E-state index in [1.165, 1.54) is 5.56 Å². The number of nitrogens with one attached hydrogen (secondary N) is 2. The number of hydrogen-bond donors (Lipinski definition) is 2. The lowest BCUT2D eigenvalue weighted by atomic mass is 9.75. The van der Waals surface area contributed by atoms with E-state index in [1.807, 2.05) is 69.8 Å². The van der Waals surface area contributed by atoms with Crippen LogP contribution in [0.5, 0.6) is 0 Å². The van der Waals surface area contributed by atoms with Gasteiger partial charge in [-0.15, -0.1) is 0 Å². The van der Waals surface area contributed by atoms with E-state index in [-0.39, 0.29) is 42.3 Å². The van der Waals surface area contributed by atoms with Gasteiger partial charge in [-0.3, -0.25) is 9.80 Å². The van der Waals surface area contributed by atoms with Crippen LogP contribution in [0.4, 0.5) is 9.59 Å². The molecule has 10 nitrogen and oxygen atoms in total. The highest BCUT2D eigenvalue weighted by molar-refractivity contribution is 5.70. The third-order valence-corrected chi connectivity index (χ3v) is 11.3. The lowest BCUT2D eigenvalue weighted by Crippen LogP contribution is -2.43. The average molecular weight is 679 g/mol. The molecule has 5 aliphatic rings. The largest absolute Gasteiger partial charge is 0.444 e. The Morgan fingerprint density at radius 1 is 0.720 bits per heavy atom. The summed E-state index contributed by atoms with van der Waals surface area (Å²) in [5.74, 6) is 2.35. The van der Waals surface area contributed by atoms with Crippen LogP contribution in [-0.2, 0) is 14.9 Å². The second-order valence-electron chi connectivity index (χ2n) is 17.0. The number of ether oxygens (including phenoxy) is 2. The zero-order chi connectivity index (χ0) is 35.0. The Bertz CT molecular complexity index is 1700. The van der Waals surface area contributed by atoms with Gasteiger partial charge in [0, 0.05) is 30.4 Å². The molecule has 6 atom stereocenters. The Labute approximate surface area is 294 Å². The minimum absolute atomic E-state index is 0.121. The molecular formula is C40H50N6O4. The Hall–Kier alpha value is -4.34. The van der Waals surface area contributed by atoms with Crippen molar-refractivity contribution in [1.29, 1.82) is 0 Å². The number of rotatable bonds is 5. The van der Waals surface area contributed by atoms with Crippen LogP contribution in [0.25, 0.3) is 0 Å². The molecule has 2 saturated heterocycles. The second kappa shape index (κ2) is 11.9. The monoisotopic (exact) mass is 678 g/mol. The molecule has 264 valence electrons. The number of nitrogens with zero attached hydrogens (tertiary/aromatic N) is 4. The molecule has 2 amide bonds. The van der Waals surface area contributed by atoms with Crippen molar-refractivity contribution in [3.63, 3.8) is 0 Å². The summed E-state index contributed by atoms with van der Waals surface area (Å²) in [7, 11) is 0. The zero-order valence-electron chi connectivity index (χ0n) is 30.1. The number of fused-ring (bicyclic) bond motifs is 4. The fourth-order valence-electron chi connectivity index (χ4n) is 9.26.